The van der Waals surface area contributed by atoms with Crippen molar-refractivity contribution in [3.05, 3.63) is 83.9 Å². The molecule has 5 heteroatoms. The van der Waals surface area contributed by atoms with Gasteiger partial charge in [-0.25, -0.2) is 0 Å². The molecule has 0 bridgehead atoms. The summed E-state index contributed by atoms with van der Waals surface area (Å²) >= 11 is 0. The van der Waals surface area contributed by atoms with Gasteiger partial charge in [-0.1, -0.05) is 30.3 Å². The van der Waals surface area contributed by atoms with Gasteiger partial charge in [-0.2, -0.15) is 0 Å². The molecule has 1 saturated heterocycles. The van der Waals surface area contributed by atoms with E-state index in [4.69, 9.17) is 0 Å². The zero-order chi connectivity index (χ0) is 23.3. The molecule has 0 atom stereocenters. The van der Waals surface area contributed by atoms with Crippen molar-refractivity contribution in [1.29, 1.82) is 0 Å². The first-order chi connectivity index (χ1) is 15.9. The van der Waals surface area contributed by atoms with E-state index in [0.29, 0.717) is 0 Å². The largest absolute Gasteiger partial charge is 0.353 e. The minimum absolute atomic E-state index is 0.132. The van der Waals surface area contributed by atoms with Crippen molar-refractivity contribution in [1.82, 2.24) is 20.2 Å². The van der Waals surface area contributed by atoms with Gasteiger partial charge >= 0.3 is 0 Å². The lowest BCUT2D eigenvalue weighted by atomic mass is 9.72. The summed E-state index contributed by atoms with van der Waals surface area (Å²) in [4.78, 5) is 24.7. The third kappa shape index (κ3) is 5.85. The maximum Gasteiger partial charge on any atom is 0.226 e. The lowest BCUT2D eigenvalue weighted by molar-refractivity contribution is -0.134. The van der Waals surface area contributed by atoms with Crippen LogP contribution in [0.2, 0.25) is 0 Å². The van der Waals surface area contributed by atoms with Gasteiger partial charge in [-0.3, -0.25) is 19.7 Å². The Morgan fingerprint density at radius 2 is 1.76 bits per heavy atom. The van der Waals surface area contributed by atoms with Crippen molar-refractivity contribution < 1.29 is 4.79 Å². The van der Waals surface area contributed by atoms with Gasteiger partial charge in [0.2, 0.25) is 5.91 Å². The second-order valence-corrected chi connectivity index (χ2v) is 9.57. The Balaban J connectivity index is 1.52. The van der Waals surface area contributed by atoms with Crippen molar-refractivity contribution in [2.45, 2.75) is 52.6 Å². The van der Waals surface area contributed by atoms with Gasteiger partial charge in [-0.15, -0.1) is 0 Å². The Bertz CT molecular complexity index is 1070. The molecule has 3 heterocycles. The van der Waals surface area contributed by atoms with Crippen LogP contribution in [-0.4, -0.2) is 39.9 Å². The molecule has 0 saturated carbocycles. The third-order valence-corrected chi connectivity index (χ3v) is 6.53. The van der Waals surface area contributed by atoms with Gasteiger partial charge in [0.15, 0.2) is 0 Å². The Morgan fingerprint density at radius 3 is 2.45 bits per heavy atom. The molecule has 33 heavy (non-hydrogen) atoms. The van der Waals surface area contributed by atoms with Crippen LogP contribution in [0.3, 0.4) is 0 Å². The van der Waals surface area contributed by atoms with E-state index in [0.717, 1.165) is 61.4 Å². The van der Waals surface area contributed by atoms with Crippen molar-refractivity contribution in [2.75, 3.05) is 13.1 Å². The molecule has 0 aliphatic carbocycles. The molecule has 2 aromatic heterocycles. The number of hydrogen-bond donors (Lipinski definition) is 1. The average molecular weight is 443 g/mol. The second kappa shape index (κ2) is 10.3. The van der Waals surface area contributed by atoms with Gasteiger partial charge in [0.05, 0.1) is 11.1 Å². The van der Waals surface area contributed by atoms with E-state index < -0.39 is 5.41 Å². The van der Waals surface area contributed by atoms with E-state index in [9.17, 15) is 4.79 Å². The van der Waals surface area contributed by atoms with Crippen LogP contribution in [0.5, 0.6) is 0 Å². The van der Waals surface area contributed by atoms with Gasteiger partial charge in [0, 0.05) is 30.7 Å². The number of rotatable bonds is 7. The van der Waals surface area contributed by atoms with Crippen molar-refractivity contribution in [2.24, 2.45) is 5.41 Å². The Morgan fingerprint density at radius 1 is 1.03 bits per heavy atom. The number of pyridine rings is 2. The fraction of sp³-hybridized carbons (Fsp3) is 0.393. The van der Waals surface area contributed by atoms with Gasteiger partial charge < -0.3 is 5.32 Å². The Kier molecular flexibility index (Phi) is 7.19. The zero-order valence-electron chi connectivity index (χ0n) is 19.9. The molecule has 3 aromatic rings. The lowest BCUT2D eigenvalue weighted by Gasteiger charge is -2.41. The molecule has 1 N–H and O–H groups in total. The van der Waals surface area contributed by atoms with E-state index >= 15 is 0 Å². The quantitative estimate of drug-likeness (QED) is 0.571. The minimum Gasteiger partial charge on any atom is -0.353 e. The van der Waals surface area contributed by atoms with Crippen molar-refractivity contribution in [3.8, 4) is 11.1 Å². The number of aryl methyl sites for hydroxylation is 1. The minimum atomic E-state index is -0.391. The summed E-state index contributed by atoms with van der Waals surface area (Å²) in [5.41, 5.74) is 5.27. The number of carbonyl (C=O) groups excluding carboxylic acids is 1. The topological polar surface area (TPSA) is 58.1 Å². The number of nitrogens with zero attached hydrogens (tertiary/aromatic N) is 3. The van der Waals surface area contributed by atoms with Crippen LogP contribution >= 0.6 is 0 Å². The molecule has 1 aliphatic rings. The molecule has 1 aliphatic heterocycles. The molecule has 4 rings (SSSR count). The maximum absolute atomic E-state index is 13.4. The van der Waals surface area contributed by atoms with Crippen molar-refractivity contribution in [3.63, 3.8) is 0 Å². The van der Waals surface area contributed by atoms with Crippen LogP contribution in [0.4, 0.5) is 0 Å². The van der Waals surface area contributed by atoms with Crippen LogP contribution in [-0.2, 0) is 17.8 Å². The maximum atomic E-state index is 13.4. The van der Waals surface area contributed by atoms with E-state index in [-0.39, 0.29) is 11.9 Å². The molecule has 0 unspecified atom stereocenters. The van der Waals surface area contributed by atoms with Crippen LogP contribution in [0.1, 0.15) is 43.6 Å². The molecular formula is C28H34N4O. The second-order valence-electron chi connectivity index (χ2n) is 9.57. The van der Waals surface area contributed by atoms with E-state index in [1.165, 1.54) is 5.56 Å². The first-order valence-corrected chi connectivity index (χ1v) is 11.9. The summed E-state index contributed by atoms with van der Waals surface area (Å²) in [6.07, 6.45) is 6.07. The number of carbonyl (C=O) groups is 1. The highest BCUT2D eigenvalue weighted by Gasteiger charge is 2.41. The predicted molar refractivity (Wildman–Crippen MR) is 133 cm³/mol. The summed E-state index contributed by atoms with van der Waals surface area (Å²) < 4.78 is 0. The highest BCUT2D eigenvalue weighted by atomic mass is 16.2. The summed E-state index contributed by atoms with van der Waals surface area (Å²) in [5, 5.41) is 3.21. The lowest BCUT2D eigenvalue weighted by Crippen LogP contribution is -2.51. The predicted octanol–water partition coefficient (Wildman–Crippen LogP) is 4.80. The molecule has 0 spiro atoms. The summed E-state index contributed by atoms with van der Waals surface area (Å²) in [5.74, 6) is 0.181. The number of amides is 1. The monoisotopic (exact) mass is 442 g/mol. The van der Waals surface area contributed by atoms with Gasteiger partial charge in [0.25, 0.3) is 0 Å². The summed E-state index contributed by atoms with van der Waals surface area (Å²) in [6, 6.07) is 19.0. The van der Waals surface area contributed by atoms with Crippen LogP contribution < -0.4 is 5.32 Å². The normalized spacial score (nSPS) is 16.0. The average Bonchev–Trinajstić information content (AvgIpc) is 2.81. The molecule has 1 amide bonds. The van der Waals surface area contributed by atoms with Crippen LogP contribution in [0, 0.1) is 12.3 Å². The number of hydrogen-bond acceptors (Lipinski definition) is 4. The first kappa shape index (κ1) is 23.1. The number of aromatic nitrogens is 2. The van der Waals surface area contributed by atoms with Crippen LogP contribution in [0.25, 0.3) is 11.1 Å². The van der Waals surface area contributed by atoms with Crippen LogP contribution in [0.15, 0.2) is 67.0 Å². The standard InChI is InChI=1S/C28H34N4O/c1-21(2)30-27(33)28(12-16-32(17-13-28)20-26-9-4-6-22(3)31-26)19-23-7-5-8-25(18-23)24-10-14-29-15-11-24/h4-11,14-15,18,21H,12-13,16-17,19-20H2,1-3H3,(H,30,33). The van der Waals surface area contributed by atoms with Gasteiger partial charge in [0.1, 0.15) is 0 Å². The molecule has 1 fully saturated rings. The van der Waals surface area contributed by atoms with Gasteiger partial charge in [-0.05, 0) is 94.1 Å². The smallest absolute Gasteiger partial charge is 0.226 e. The highest BCUT2D eigenvalue weighted by molar-refractivity contribution is 5.83. The van der Waals surface area contributed by atoms with E-state index in [1.54, 1.807) is 0 Å². The fourth-order valence-corrected chi connectivity index (χ4v) is 4.75. The molecular weight excluding hydrogens is 408 g/mol. The number of likely N-dealkylation sites (tertiary alicyclic amines) is 1. The number of benzene rings is 1. The molecule has 5 nitrogen and oxygen atoms in total. The zero-order valence-corrected chi connectivity index (χ0v) is 19.9. The number of piperidine rings is 1. The van der Waals surface area contributed by atoms with E-state index in [2.05, 4.69) is 56.6 Å². The van der Waals surface area contributed by atoms with E-state index in [1.807, 2.05) is 51.4 Å². The number of nitrogens with one attached hydrogen (secondary N) is 1. The Labute approximate surface area is 197 Å². The SMILES string of the molecule is Cc1cccc(CN2CCC(Cc3cccc(-c4ccncc4)c3)(C(=O)NC(C)C)CC2)n1. The first-order valence-electron chi connectivity index (χ1n) is 11.9. The summed E-state index contributed by atoms with van der Waals surface area (Å²) in [7, 11) is 0. The van der Waals surface area contributed by atoms with Crippen molar-refractivity contribution >= 4 is 5.91 Å². The summed E-state index contributed by atoms with van der Waals surface area (Å²) in [6.45, 7) is 8.72. The molecule has 0 radical (unpaired) electrons. The Hall–Kier alpha value is -3.05. The third-order valence-electron chi connectivity index (χ3n) is 6.53. The highest BCUT2D eigenvalue weighted by Crippen LogP contribution is 2.37. The fourth-order valence-electron chi connectivity index (χ4n) is 4.75. The molecule has 1 aromatic carbocycles. The molecule has 172 valence electrons.